The molecule has 1 aliphatic heterocycles. The number of urea groups is 1. The fraction of sp³-hybridized carbons (Fsp3) is 0.800. The number of hydrogen-bond donors (Lipinski definition) is 1. The summed E-state index contributed by atoms with van der Waals surface area (Å²) in [6.07, 6.45) is 2.19. The average molecular weight is 212 g/mol. The summed E-state index contributed by atoms with van der Waals surface area (Å²) in [5.41, 5.74) is 0. The van der Waals surface area contributed by atoms with Gasteiger partial charge >= 0.3 is 12.0 Å². The van der Waals surface area contributed by atoms with Crippen molar-refractivity contribution in [2.45, 2.75) is 25.8 Å². The van der Waals surface area contributed by atoms with E-state index >= 15 is 0 Å². The van der Waals surface area contributed by atoms with Crippen molar-refractivity contribution >= 4 is 12.0 Å². The molecule has 0 spiro atoms. The Labute approximate surface area is 88.6 Å². The lowest BCUT2D eigenvalue weighted by Gasteiger charge is -2.39. The minimum Gasteiger partial charge on any atom is -0.481 e. The molecule has 1 saturated heterocycles. The normalized spacial score (nSPS) is 21.0. The van der Waals surface area contributed by atoms with Gasteiger partial charge in [-0.3, -0.25) is 4.79 Å². The summed E-state index contributed by atoms with van der Waals surface area (Å²) in [6.45, 7) is 3.43. The number of carboxylic acid groups (broad SMARTS) is 1. The first-order chi connectivity index (χ1) is 7.13. The highest BCUT2D eigenvalue weighted by Crippen LogP contribution is 2.29. The Balaban J connectivity index is 1.84. The number of carbonyl (C=O) groups is 2. The Morgan fingerprint density at radius 2 is 2.00 bits per heavy atom. The number of amides is 2. The maximum absolute atomic E-state index is 11.9. The van der Waals surface area contributed by atoms with Crippen molar-refractivity contribution in [1.82, 2.24) is 9.80 Å². The van der Waals surface area contributed by atoms with Gasteiger partial charge in [0.2, 0.25) is 0 Å². The van der Waals surface area contributed by atoms with Crippen LogP contribution in [0.3, 0.4) is 0 Å². The van der Waals surface area contributed by atoms with Crippen molar-refractivity contribution in [3.8, 4) is 0 Å². The van der Waals surface area contributed by atoms with E-state index in [9.17, 15) is 9.59 Å². The molecule has 2 fully saturated rings. The maximum atomic E-state index is 11.9. The summed E-state index contributed by atoms with van der Waals surface area (Å²) in [4.78, 5) is 25.9. The molecule has 1 N–H and O–H groups in total. The monoisotopic (exact) mass is 212 g/mol. The first-order valence-corrected chi connectivity index (χ1v) is 5.41. The van der Waals surface area contributed by atoms with Crippen LogP contribution in [-0.4, -0.2) is 52.6 Å². The molecule has 0 unspecified atom stereocenters. The second-order valence-corrected chi connectivity index (χ2v) is 4.24. The van der Waals surface area contributed by atoms with Crippen LogP contribution in [0.15, 0.2) is 0 Å². The van der Waals surface area contributed by atoms with E-state index in [1.54, 1.807) is 4.90 Å². The minimum atomic E-state index is -0.798. The molecule has 84 valence electrons. The highest BCUT2D eigenvalue weighted by Gasteiger charge is 2.40. The molecular weight excluding hydrogens is 196 g/mol. The number of aliphatic carboxylic acids is 1. The lowest BCUT2D eigenvalue weighted by Crippen LogP contribution is -2.57. The molecule has 1 saturated carbocycles. The molecule has 5 nitrogen and oxygen atoms in total. The van der Waals surface area contributed by atoms with Crippen LogP contribution < -0.4 is 0 Å². The summed E-state index contributed by atoms with van der Waals surface area (Å²) in [6, 6.07) is 0.420. The highest BCUT2D eigenvalue weighted by atomic mass is 16.4. The Hall–Kier alpha value is -1.26. The molecule has 2 amide bonds. The molecule has 0 radical (unpaired) electrons. The molecule has 15 heavy (non-hydrogen) atoms. The van der Waals surface area contributed by atoms with Crippen molar-refractivity contribution in [1.29, 1.82) is 0 Å². The minimum absolute atomic E-state index is 0.0116. The van der Waals surface area contributed by atoms with Crippen LogP contribution in [0.1, 0.15) is 19.8 Å². The Morgan fingerprint density at radius 3 is 2.40 bits per heavy atom. The van der Waals surface area contributed by atoms with Gasteiger partial charge in [0.15, 0.2) is 0 Å². The molecule has 1 heterocycles. The third-order valence-electron chi connectivity index (χ3n) is 3.08. The molecule has 0 aromatic carbocycles. The van der Waals surface area contributed by atoms with Crippen molar-refractivity contribution in [3.63, 3.8) is 0 Å². The number of nitrogens with zero attached hydrogens (tertiary/aromatic N) is 2. The molecule has 0 bridgehead atoms. The smallest absolute Gasteiger partial charge is 0.320 e. The van der Waals surface area contributed by atoms with E-state index in [1.807, 2.05) is 11.8 Å². The van der Waals surface area contributed by atoms with E-state index in [4.69, 9.17) is 5.11 Å². The van der Waals surface area contributed by atoms with Crippen LogP contribution in [0.5, 0.6) is 0 Å². The average Bonchev–Trinajstić information content (AvgIpc) is 2.85. The Kier molecular flexibility index (Phi) is 2.54. The van der Waals surface area contributed by atoms with Crippen molar-refractivity contribution in [2.24, 2.45) is 5.92 Å². The first kappa shape index (κ1) is 10.3. The third-order valence-corrected chi connectivity index (χ3v) is 3.08. The van der Waals surface area contributed by atoms with Gasteiger partial charge < -0.3 is 14.9 Å². The molecule has 1 aliphatic carbocycles. The fourth-order valence-corrected chi connectivity index (χ4v) is 1.91. The highest BCUT2D eigenvalue weighted by molar-refractivity contribution is 5.80. The van der Waals surface area contributed by atoms with E-state index in [0.29, 0.717) is 19.1 Å². The van der Waals surface area contributed by atoms with Crippen molar-refractivity contribution in [2.75, 3.05) is 19.6 Å². The van der Waals surface area contributed by atoms with Gasteiger partial charge in [0, 0.05) is 25.7 Å². The fourth-order valence-electron chi connectivity index (χ4n) is 1.91. The molecule has 0 aromatic rings. The van der Waals surface area contributed by atoms with Crippen LogP contribution in [0.2, 0.25) is 0 Å². The van der Waals surface area contributed by atoms with Crippen LogP contribution in [0.25, 0.3) is 0 Å². The SMILES string of the molecule is CCN(C(=O)N1CC(C(=O)O)C1)C1CC1. The van der Waals surface area contributed by atoms with Crippen LogP contribution in [-0.2, 0) is 4.79 Å². The second-order valence-electron chi connectivity index (χ2n) is 4.24. The molecular formula is C10H16N2O3. The number of carbonyl (C=O) groups excluding carboxylic acids is 1. The van der Waals surface area contributed by atoms with E-state index in [0.717, 1.165) is 19.4 Å². The number of carboxylic acids is 1. The van der Waals surface area contributed by atoms with E-state index in [2.05, 4.69) is 0 Å². The first-order valence-electron chi connectivity index (χ1n) is 5.41. The zero-order valence-corrected chi connectivity index (χ0v) is 8.85. The molecule has 2 rings (SSSR count). The van der Waals surface area contributed by atoms with E-state index < -0.39 is 5.97 Å². The van der Waals surface area contributed by atoms with E-state index in [1.165, 1.54) is 0 Å². The topological polar surface area (TPSA) is 60.9 Å². The van der Waals surface area contributed by atoms with Gasteiger partial charge in [0.25, 0.3) is 0 Å². The van der Waals surface area contributed by atoms with Crippen LogP contribution in [0, 0.1) is 5.92 Å². The number of hydrogen-bond acceptors (Lipinski definition) is 2. The predicted octanol–water partition coefficient (Wildman–Crippen LogP) is 0.607. The van der Waals surface area contributed by atoms with Gasteiger partial charge in [-0.2, -0.15) is 0 Å². The van der Waals surface area contributed by atoms with Gasteiger partial charge in [-0.25, -0.2) is 4.79 Å². The molecule has 5 heteroatoms. The maximum Gasteiger partial charge on any atom is 0.320 e. The third kappa shape index (κ3) is 1.91. The summed E-state index contributed by atoms with van der Waals surface area (Å²) < 4.78 is 0. The molecule has 2 aliphatic rings. The van der Waals surface area contributed by atoms with E-state index in [-0.39, 0.29) is 11.9 Å². The molecule has 0 atom stereocenters. The lowest BCUT2D eigenvalue weighted by molar-refractivity contribution is -0.146. The largest absolute Gasteiger partial charge is 0.481 e. The van der Waals surface area contributed by atoms with Gasteiger partial charge in [-0.15, -0.1) is 0 Å². The standard InChI is InChI=1S/C10H16N2O3/c1-2-12(8-3-4-8)10(15)11-5-7(6-11)9(13)14/h7-8H,2-6H2,1H3,(H,13,14). The summed E-state index contributed by atoms with van der Waals surface area (Å²) >= 11 is 0. The predicted molar refractivity (Wildman–Crippen MR) is 53.5 cm³/mol. The summed E-state index contributed by atoms with van der Waals surface area (Å²) in [5.74, 6) is -1.15. The quantitative estimate of drug-likeness (QED) is 0.745. The number of rotatable bonds is 3. The zero-order valence-electron chi connectivity index (χ0n) is 8.85. The zero-order chi connectivity index (χ0) is 11.0. The summed E-state index contributed by atoms with van der Waals surface area (Å²) in [7, 11) is 0. The Morgan fingerprint density at radius 1 is 1.40 bits per heavy atom. The van der Waals surface area contributed by atoms with Crippen molar-refractivity contribution < 1.29 is 14.7 Å². The lowest BCUT2D eigenvalue weighted by atomic mass is 10.0. The molecule has 0 aromatic heterocycles. The van der Waals surface area contributed by atoms with Gasteiger partial charge in [0.05, 0.1) is 5.92 Å². The number of likely N-dealkylation sites (tertiary alicyclic amines) is 1. The van der Waals surface area contributed by atoms with Crippen LogP contribution in [0.4, 0.5) is 4.79 Å². The van der Waals surface area contributed by atoms with Gasteiger partial charge in [-0.05, 0) is 19.8 Å². The second kappa shape index (κ2) is 3.72. The van der Waals surface area contributed by atoms with Crippen molar-refractivity contribution in [3.05, 3.63) is 0 Å². The Bertz CT molecular complexity index is 282. The summed E-state index contributed by atoms with van der Waals surface area (Å²) in [5, 5.41) is 8.70. The van der Waals surface area contributed by atoms with Gasteiger partial charge in [-0.1, -0.05) is 0 Å². The van der Waals surface area contributed by atoms with Gasteiger partial charge in [0.1, 0.15) is 0 Å². The van der Waals surface area contributed by atoms with Crippen LogP contribution >= 0.6 is 0 Å².